The predicted octanol–water partition coefficient (Wildman–Crippen LogP) is 6.29. The van der Waals surface area contributed by atoms with Gasteiger partial charge in [-0.25, -0.2) is 0 Å². The summed E-state index contributed by atoms with van der Waals surface area (Å²) in [6.07, 6.45) is 19.7. The molecule has 0 spiro atoms. The molecule has 0 aliphatic heterocycles. The lowest BCUT2D eigenvalue weighted by molar-refractivity contribution is -0.151. The maximum atomic E-state index is 12.2. The molecule has 0 amide bonds. The Balaban J connectivity index is 3.67. The van der Waals surface area contributed by atoms with Crippen LogP contribution in [0.1, 0.15) is 110 Å². The van der Waals surface area contributed by atoms with Crippen molar-refractivity contribution in [2.24, 2.45) is 0 Å². The van der Waals surface area contributed by atoms with Gasteiger partial charge >= 0.3 is 5.97 Å². The predicted molar refractivity (Wildman–Crippen MR) is 124 cm³/mol. The van der Waals surface area contributed by atoms with E-state index in [0.29, 0.717) is 10.5 Å². The van der Waals surface area contributed by atoms with Gasteiger partial charge in [0.05, 0.1) is 0 Å². The van der Waals surface area contributed by atoms with Gasteiger partial charge in [-0.2, -0.15) is 0 Å². The first kappa shape index (κ1) is 26.9. The summed E-state index contributed by atoms with van der Waals surface area (Å²) >= 11 is 0. The van der Waals surface area contributed by atoms with Gasteiger partial charge in [-0.3, -0.25) is 4.79 Å². The van der Waals surface area contributed by atoms with Crippen LogP contribution in [0, 0.1) is 0 Å². The fourth-order valence-corrected chi connectivity index (χ4v) is 5.71. The first-order valence-corrected chi connectivity index (χ1v) is 15.8. The Kier molecular flexibility index (Phi) is 15.7. The molecular formula is C22H48O3Si2. The first-order valence-electron chi connectivity index (χ1n) is 11.5. The summed E-state index contributed by atoms with van der Waals surface area (Å²) in [4.78, 5) is 12.2. The smallest absolute Gasteiger partial charge is 0.322 e. The molecule has 3 nitrogen and oxygen atoms in total. The highest BCUT2D eigenvalue weighted by Crippen LogP contribution is 2.26. The Labute approximate surface area is 174 Å². The number of rotatable bonds is 18. The molecule has 0 bridgehead atoms. The van der Waals surface area contributed by atoms with E-state index in [0.717, 1.165) is 12.8 Å². The van der Waals surface area contributed by atoms with Gasteiger partial charge in [0.15, 0.2) is 8.32 Å². The number of hydrogen-bond acceptors (Lipinski definition) is 3. The molecule has 0 fully saturated rings. The van der Waals surface area contributed by atoms with Gasteiger partial charge in [-0.05, 0) is 33.0 Å². The van der Waals surface area contributed by atoms with E-state index in [1.165, 1.54) is 83.5 Å². The van der Waals surface area contributed by atoms with E-state index in [1.807, 2.05) is 6.92 Å². The van der Waals surface area contributed by atoms with Crippen molar-refractivity contribution in [3.63, 3.8) is 0 Å². The second kappa shape index (κ2) is 15.7. The molecular weight excluding hydrogens is 368 g/mol. The normalized spacial score (nSPS) is 14.3. The quantitative estimate of drug-likeness (QED) is 0.194. The third-order valence-corrected chi connectivity index (χ3v) is 6.59. The van der Waals surface area contributed by atoms with Crippen molar-refractivity contribution in [2.75, 3.05) is 0 Å². The van der Waals surface area contributed by atoms with Crippen molar-refractivity contribution >= 4 is 24.8 Å². The van der Waals surface area contributed by atoms with Crippen LogP contribution in [0.3, 0.4) is 0 Å². The number of carbonyl (C=O) groups is 1. The Morgan fingerprint density at radius 2 is 1.15 bits per heavy atom. The average Bonchev–Trinajstić information content (AvgIpc) is 2.59. The second-order valence-electron chi connectivity index (χ2n) is 9.28. The molecule has 0 aliphatic rings. The third-order valence-electron chi connectivity index (χ3n) is 5.16. The molecule has 0 aliphatic carbocycles. The summed E-state index contributed by atoms with van der Waals surface area (Å²) in [6, 6.07) is 0. The van der Waals surface area contributed by atoms with Gasteiger partial charge in [-0.1, -0.05) is 96.8 Å². The minimum Gasteiger partial charge on any atom is -0.527 e. The van der Waals surface area contributed by atoms with E-state index in [-0.39, 0.29) is 5.97 Å². The van der Waals surface area contributed by atoms with Crippen LogP contribution in [0.4, 0.5) is 0 Å². The topological polar surface area (TPSA) is 35.5 Å². The Bertz CT molecular complexity index is 369. The lowest BCUT2D eigenvalue weighted by Gasteiger charge is -2.34. The fraction of sp³-hybridized carbons (Fsp3) is 0.955. The molecule has 0 saturated carbocycles. The first-order chi connectivity index (χ1) is 12.7. The van der Waals surface area contributed by atoms with Crippen molar-refractivity contribution in [3.05, 3.63) is 0 Å². The Morgan fingerprint density at radius 3 is 1.48 bits per heavy atom. The van der Waals surface area contributed by atoms with E-state index in [9.17, 15) is 4.79 Å². The summed E-state index contributed by atoms with van der Waals surface area (Å²) < 4.78 is 11.3. The largest absolute Gasteiger partial charge is 0.527 e. The number of carbonyl (C=O) groups excluding carboxylic acids is 1. The number of unbranched alkanes of at least 4 members (excludes halogenated alkanes) is 13. The Hall–Kier alpha value is -0.136. The molecule has 0 N–H and O–H groups in total. The van der Waals surface area contributed by atoms with E-state index < -0.39 is 13.9 Å². The maximum Gasteiger partial charge on any atom is 0.322 e. The average molecular weight is 417 g/mol. The fourth-order valence-electron chi connectivity index (χ4n) is 3.74. The van der Waals surface area contributed by atoms with E-state index >= 15 is 0 Å². The van der Waals surface area contributed by atoms with Crippen LogP contribution in [0.5, 0.6) is 0 Å². The van der Waals surface area contributed by atoms with Crippen LogP contribution in [0.25, 0.3) is 0 Å². The number of hydrogen-bond donors (Lipinski definition) is 0. The van der Waals surface area contributed by atoms with Crippen LogP contribution >= 0.6 is 0 Å². The highest BCUT2D eigenvalue weighted by atomic mass is 28.4. The van der Waals surface area contributed by atoms with Crippen molar-refractivity contribution in [3.8, 4) is 0 Å². The Morgan fingerprint density at radius 1 is 0.778 bits per heavy atom. The van der Waals surface area contributed by atoms with E-state index in [2.05, 4.69) is 26.6 Å². The van der Waals surface area contributed by atoms with Gasteiger partial charge < -0.3 is 8.85 Å². The minimum absolute atomic E-state index is 0.161. The molecule has 0 heterocycles. The molecule has 1 atom stereocenters. The molecule has 0 saturated heterocycles. The highest BCUT2D eigenvalue weighted by molar-refractivity contribution is 6.70. The maximum absolute atomic E-state index is 12.2. The molecule has 0 rings (SSSR count). The molecule has 1 unspecified atom stereocenters. The van der Waals surface area contributed by atoms with Crippen LogP contribution in [-0.2, 0) is 13.6 Å². The summed E-state index contributed by atoms with van der Waals surface area (Å²) in [6.45, 7) is 10.6. The third kappa shape index (κ3) is 15.5. The summed E-state index contributed by atoms with van der Waals surface area (Å²) in [5.74, 6) is -0.161. The van der Waals surface area contributed by atoms with Crippen LogP contribution in [-0.4, -0.2) is 30.4 Å². The molecule has 27 heavy (non-hydrogen) atoms. The zero-order valence-corrected chi connectivity index (χ0v) is 22.3. The van der Waals surface area contributed by atoms with E-state index in [4.69, 9.17) is 8.85 Å². The SMILES string of the molecule is CCCCCCCCCCCCCCCCC(C)(O[Si](C)(C)C)C(=O)O[SiH3]. The van der Waals surface area contributed by atoms with Crippen molar-refractivity contribution in [1.82, 2.24) is 0 Å². The standard InChI is InChI=1S/C22H48O3Si2/c1-6-7-8-9-10-11-12-13-14-15-16-17-18-19-20-22(2,21(23)24-26)25-27(3,4)5/h6-20H2,1-5,26H3. The van der Waals surface area contributed by atoms with Crippen molar-refractivity contribution < 1.29 is 13.6 Å². The van der Waals surface area contributed by atoms with Gasteiger partial charge in [0.1, 0.15) is 5.60 Å². The molecule has 0 aromatic rings. The molecule has 162 valence electrons. The minimum atomic E-state index is -1.76. The molecule has 0 radical (unpaired) electrons. The summed E-state index contributed by atoms with van der Waals surface area (Å²) in [5.41, 5.74) is -0.733. The van der Waals surface area contributed by atoms with Gasteiger partial charge in [-0.15, -0.1) is 0 Å². The molecule has 0 aromatic heterocycles. The lowest BCUT2D eigenvalue weighted by atomic mass is 9.97. The molecule has 0 aromatic carbocycles. The van der Waals surface area contributed by atoms with Gasteiger partial charge in [0.2, 0.25) is 10.5 Å². The zero-order chi connectivity index (χ0) is 20.6. The van der Waals surface area contributed by atoms with Crippen molar-refractivity contribution in [1.29, 1.82) is 0 Å². The summed E-state index contributed by atoms with van der Waals surface area (Å²) in [5, 5.41) is 0. The van der Waals surface area contributed by atoms with Crippen LogP contribution < -0.4 is 0 Å². The monoisotopic (exact) mass is 416 g/mol. The lowest BCUT2D eigenvalue weighted by Crippen LogP contribution is -2.47. The zero-order valence-electron chi connectivity index (χ0n) is 19.3. The van der Waals surface area contributed by atoms with Crippen LogP contribution in [0.15, 0.2) is 0 Å². The van der Waals surface area contributed by atoms with Gasteiger partial charge in [0.25, 0.3) is 0 Å². The van der Waals surface area contributed by atoms with Gasteiger partial charge in [0, 0.05) is 0 Å². The highest BCUT2D eigenvalue weighted by Gasteiger charge is 2.38. The molecule has 5 heteroatoms. The van der Waals surface area contributed by atoms with Crippen LogP contribution in [0.2, 0.25) is 19.6 Å². The second-order valence-corrected chi connectivity index (χ2v) is 14.1. The summed E-state index contributed by atoms with van der Waals surface area (Å²) in [7, 11) is -1.32. The van der Waals surface area contributed by atoms with E-state index in [1.54, 1.807) is 0 Å². The van der Waals surface area contributed by atoms with Crippen molar-refractivity contribution in [2.45, 2.75) is 135 Å².